The second-order valence-electron chi connectivity index (χ2n) is 6.08. The van der Waals surface area contributed by atoms with Crippen LogP contribution in [0.15, 0.2) is 66.7 Å². The maximum atomic E-state index is 6.18. The van der Waals surface area contributed by atoms with Crippen LogP contribution in [0.5, 0.6) is 11.5 Å². The molecule has 0 aliphatic heterocycles. The summed E-state index contributed by atoms with van der Waals surface area (Å²) < 4.78 is 11.4. The molecular formula is C22H22ClNO2. The van der Waals surface area contributed by atoms with Crippen LogP contribution in [-0.2, 0) is 13.2 Å². The van der Waals surface area contributed by atoms with Crippen LogP contribution < -0.4 is 14.8 Å². The quantitative estimate of drug-likeness (QED) is 0.568. The lowest BCUT2D eigenvalue weighted by Crippen LogP contribution is -2.02. The number of nitrogens with one attached hydrogen (secondary N) is 1. The van der Waals surface area contributed by atoms with Gasteiger partial charge >= 0.3 is 0 Å². The Kier molecular flexibility index (Phi) is 6.03. The van der Waals surface area contributed by atoms with Crippen molar-refractivity contribution in [3.8, 4) is 11.5 Å². The molecule has 3 rings (SSSR count). The van der Waals surface area contributed by atoms with E-state index in [1.54, 1.807) is 7.11 Å². The van der Waals surface area contributed by atoms with Crippen LogP contribution in [0.25, 0.3) is 0 Å². The number of benzene rings is 3. The maximum Gasteiger partial charge on any atom is 0.161 e. The van der Waals surface area contributed by atoms with Gasteiger partial charge in [-0.25, -0.2) is 0 Å². The molecule has 0 radical (unpaired) electrons. The van der Waals surface area contributed by atoms with Gasteiger partial charge in [-0.05, 0) is 42.8 Å². The second-order valence-corrected chi connectivity index (χ2v) is 6.49. The molecule has 0 bridgehead atoms. The van der Waals surface area contributed by atoms with Gasteiger partial charge < -0.3 is 14.8 Å². The van der Waals surface area contributed by atoms with Crippen LogP contribution in [0.4, 0.5) is 5.69 Å². The minimum Gasteiger partial charge on any atom is -0.493 e. The van der Waals surface area contributed by atoms with Gasteiger partial charge in [-0.3, -0.25) is 0 Å². The Balaban J connectivity index is 1.65. The molecule has 0 unspecified atom stereocenters. The SMILES string of the molecule is COc1cc(CNc2ccc(C)cc2)ccc1OCc1ccccc1Cl. The van der Waals surface area contributed by atoms with E-state index in [0.29, 0.717) is 29.7 Å². The smallest absolute Gasteiger partial charge is 0.161 e. The average Bonchev–Trinajstić information content (AvgIpc) is 2.67. The summed E-state index contributed by atoms with van der Waals surface area (Å²) in [6.45, 7) is 3.19. The van der Waals surface area contributed by atoms with Crippen molar-refractivity contribution in [3.05, 3.63) is 88.4 Å². The zero-order valence-electron chi connectivity index (χ0n) is 15.0. The lowest BCUT2D eigenvalue weighted by molar-refractivity contribution is 0.284. The highest BCUT2D eigenvalue weighted by Crippen LogP contribution is 2.30. The van der Waals surface area contributed by atoms with E-state index in [1.165, 1.54) is 5.56 Å². The number of halogens is 1. The third kappa shape index (κ3) is 4.70. The molecule has 26 heavy (non-hydrogen) atoms. The highest BCUT2D eigenvalue weighted by molar-refractivity contribution is 6.31. The van der Waals surface area contributed by atoms with Crippen LogP contribution in [0.2, 0.25) is 5.02 Å². The third-order valence-electron chi connectivity index (χ3n) is 4.12. The average molecular weight is 368 g/mol. The third-order valence-corrected chi connectivity index (χ3v) is 4.49. The Morgan fingerprint density at radius 2 is 1.69 bits per heavy atom. The number of rotatable bonds is 7. The van der Waals surface area contributed by atoms with Gasteiger partial charge in [-0.2, -0.15) is 0 Å². The predicted molar refractivity (Wildman–Crippen MR) is 107 cm³/mol. The summed E-state index contributed by atoms with van der Waals surface area (Å²) in [4.78, 5) is 0. The fourth-order valence-corrected chi connectivity index (χ4v) is 2.78. The van der Waals surface area contributed by atoms with Crippen molar-refractivity contribution in [3.63, 3.8) is 0 Å². The van der Waals surface area contributed by atoms with Crippen molar-refractivity contribution in [1.82, 2.24) is 0 Å². The van der Waals surface area contributed by atoms with E-state index in [0.717, 1.165) is 16.8 Å². The van der Waals surface area contributed by atoms with Gasteiger partial charge in [0.25, 0.3) is 0 Å². The topological polar surface area (TPSA) is 30.5 Å². The zero-order chi connectivity index (χ0) is 18.4. The first-order chi connectivity index (χ1) is 12.7. The molecule has 3 nitrogen and oxygen atoms in total. The van der Waals surface area contributed by atoms with E-state index >= 15 is 0 Å². The number of aryl methyl sites for hydroxylation is 1. The van der Waals surface area contributed by atoms with Crippen LogP contribution in [-0.4, -0.2) is 7.11 Å². The first kappa shape index (κ1) is 18.2. The molecule has 3 aromatic rings. The standard InChI is InChI=1S/C22H22ClNO2/c1-16-7-10-19(11-8-16)24-14-17-9-12-21(22(13-17)25-2)26-15-18-5-3-4-6-20(18)23/h3-13,24H,14-15H2,1-2H3. The van der Waals surface area contributed by atoms with Crippen molar-refractivity contribution in [1.29, 1.82) is 0 Å². The van der Waals surface area contributed by atoms with E-state index < -0.39 is 0 Å². The zero-order valence-corrected chi connectivity index (χ0v) is 15.7. The summed E-state index contributed by atoms with van der Waals surface area (Å²) in [6.07, 6.45) is 0. The van der Waals surface area contributed by atoms with E-state index in [-0.39, 0.29) is 0 Å². The summed E-state index contributed by atoms with van der Waals surface area (Å²) in [6, 6.07) is 22.0. The lowest BCUT2D eigenvalue weighted by Gasteiger charge is -2.13. The maximum absolute atomic E-state index is 6.18. The summed E-state index contributed by atoms with van der Waals surface area (Å²) in [7, 11) is 1.65. The summed E-state index contributed by atoms with van der Waals surface area (Å²) >= 11 is 6.18. The fraction of sp³-hybridized carbons (Fsp3) is 0.182. The first-order valence-electron chi connectivity index (χ1n) is 8.49. The summed E-state index contributed by atoms with van der Waals surface area (Å²) in [5, 5.41) is 4.11. The Morgan fingerprint density at radius 3 is 2.42 bits per heavy atom. The fourth-order valence-electron chi connectivity index (χ4n) is 2.59. The van der Waals surface area contributed by atoms with Crippen LogP contribution in [0.3, 0.4) is 0 Å². The van der Waals surface area contributed by atoms with Gasteiger partial charge in [0.05, 0.1) is 7.11 Å². The van der Waals surface area contributed by atoms with E-state index in [1.807, 2.05) is 42.5 Å². The normalized spacial score (nSPS) is 10.4. The second kappa shape index (κ2) is 8.63. The van der Waals surface area contributed by atoms with Gasteiger partial charge in [-0.1, -0.05) is 53.6 Å². The van der Waals surface area contributed by atoms with Gasteiger partial charge in [-0.15, -0.1) is 0 Å². The molecule has 1 N–H and O–H groups in total. The molecule has 0 heterocycles. The van der Waals surface area contributed by atoms with Crippen molar-refractivity contribution >= 4 is 17.3 Å². The van der Waals surface area contributed by atoms with Crippen LogP contribution in [0.1, 0.15) is 16.7 Å². The minimum absolute atomic E-state index is 0.400. The molecule has 0 fully saturated rings. The van der Waals surface area contributed by atoms with Crippen molar-refractivity contribution < 1.29 is 9.47 Å². The molecule has 0 saturated carbocycles. The van der Waals surface area contributed by atoms with E-state index in [2.05, 4.69) is 36.5 Å². The highest BCUT2D eigenvalue weighted by Gasteiger charge is 2.08. The Hall–Kier alpha value is -2.65. The van der Waals surface area contributed by atoms with Gasteiger partial charge in [0.1, 0.15) is 6.61 Å². The molecule has 0 atom stereocenters. The molecule has 0 aliphatic rings. The summed E-state index contributed by atoms with van der Waals surface area (Å²) in [5.41, 5.74) is 4.40. The van der Waals surface area contributed by atoms with Crippen LogP contribution in [0, 0.1) is 6.92 Å². The van der Waals surface area contributed by atoms with Gasteiger partial charge in [0.2, 0.25) is 0 Å². The first-order valence-corrected chi connectivity index (χ1v) is 8.87. The Labute approximate surface area is 159 Å². The molecule has 0 aromatic heterocycles. The lowest BCUT2D eigenvalue weighted by atomic mass is 10.2. The van der Waals surface area contributed by atoms with Crippen molar-refractivity contribution in [2.45, 2.75) is 20.1 Å². The number of ether oxygens (including phenoxy) is 2. The van der Waals surface area contributed by atoms with E-state index in [4.69, 9.17) is 21.1 Å². The van der Waals surface area contributed by atoms with Crippen molar-refractivity contribution in [2.75, 3.05) is 12.4 Å². The number of hydrogen-bond donors (Lipinski definition) is 1. The monoisotopic (exact) mass is 367 g/mol. The highest BCUT2D eigenvalue weighted by atomic mass is 35.5. The predicted octanol–water partition coefficient (Wildman–Crippen LogP) is 5.85. The number of anilines is 1. The van der Waals surface area contributed by atoms with Gasteiger partial charge in [0, 0.05) is 22.8 Å². The molecule has 0 spiro atoms. The van der Waals surface area contributed by atoms with Crippen molar-refractivity contribution in [2.24, 2.45) is 0 Å². The van der Waals surface area contributed by atoms with Gasteiger partial charge in [0.15, 0.2) is 11.5 Å². The Bertz CT molecular complexity index is 862. The Morgan fingerprint density at radius 1 is 0.923 bits per heavy atom. The van der Waals surface area contributed by atoms with E-state index in [9.17, 15) is 0 Å². The molecular weight excluding hydrogens is 346 g/mol. The summed E-state index contributed by atoms with van der Waals surface area (Å²) in [5.74, 6) is 1.41. The molecule has 0 amide bonds. The molecule has 4 heteroatoms. The molecule has 3 aromatic carbocycles. The number of hydrogen-bond acceptors (Lipinski definition) is 3. The molecule has 134 valence electrons. The largest absolute Gasteiger partial charge is 0.493 e. The molecule has 0 aliphatic carbocycles. The minimum atomic E-state index is 0.400. The number of methoxy groups -OCH3 is 1. The molecule has 0 saturated heterocycles. The van der Waals surface area contributed by atoms with Crippen LogP contribution >= 0.6 is 11.6 Å².